The first-order valence-electron chi connectivity index (χ1n) is 6.09. The van der Waals surface area contributed by atoms with Gasteiger partial charge in [-0.15, -0.1) is 10.2 Å². The molecule has 19 heavy (non-hydrogen) atoms. The number of aromatic nitrogens is 2. The molecule has 2 N–H and O–H groups in total. The molecule has 106 valence electrons. The Morgan fingerprint density at radius 3 is 2.58 bits per heavy atom. The van der Waals surface area contributed by atoms with Gasteiger partial charge in [0.25, 0.3) is 0 Å². The maximum atomic E-state index is 12.0. The second kappa shape index (κ2) is 7.03. The smallest absolute Gasteiger partial charge is 0.323 e. The summed E-state index contributed by atoms with van der Waals surface area (Å²) in [5.41, 5.74) is 0. The highest BCUT2D eigenvalue weighted by Gasteiger charge is 2.21. The van der Waals surface area contributed by atoms with Crippen molar-refractivity contribution in [2.45, 2.75) is 39.7 Å². The summed E-state index contributed by atoms with van der Waals surface area (Å²) in [5, 5.41) is 20.4. The molecule has 1 atom stereocenters. The van der Waals surface area contributed by atoms with Gasteiger partial charge in [-0.2, -0.15) is 0 Å². The monoisotopic (exact) mass is 286 g/mol. The number of nitrogens with one attached hydrogen (secondary N) is 1. The van der Waals surface area contributed by atoms with E-state index in [0.717, 1.165) is 11.4 Å². The lowest BCUT2D eigenvalue weighted by Crippen LogP contribution is -2.42. The molecule has 1 rings (SSSR count). The van der Waals surface area contributed by atoms with E-state index in [1.54, 1.807) is 13.8 Å². The summed E-state index contributed by atoms with van der Waals surface area (Å²) < 4.78 is 0. The van der Waals surface area contributed by atoms with E-state index in [1.165, 1.54) is 16.2 Å². The Bertz CT molecular complexity index is 449. The molecule has 7 nitrogen and oxygen atoms in total. The molecule has 0 aromatic carbocycles. The van der Waals surface area contributed by atoms with Crippen LogP contribution in [0.2, 0.25) is 0 Å². The summed E-state index contributed by atoms with van der Waals surface area (Å²) in [6, 6.07) is -0.726. The number of hydrogen-bond acceptors (Lipinski definition) is 5. The molecule has 1 aromatic heterocycles. The molecule has 8 heteroatoms. The number of hydrogen-bond donors (Lipinski definition) is 2. The molecule has 0 saturated carbocycles. The molecule has 2 amide bonds. The Morgan fingerprint density at radius 1 is 1.42 bits per heavy atom. The Morgan fingerprint density at radius 2 is 2.11 bits per heavy atom. The fourth-order valence-corrected chi connectivity index (χ4v) is 2.30. The third kappa shape index (κ3) is 4.47. The number of carbonyl (C=O) groups is 2. The Hall–Kier alpha value is -1.70. The normalized spacial score (nSPS) is 11.9. The Balaban J connectivity index is 2.65. The first-order valence-corrected chi connectivity index (χ1v) is 6.91. The first-order chi connectivity index (χ1) is 8.97. The second-order valence-corrected chi connectivity index (χ2v) is 5.08. The van der Waals surface area contributed by atoms with Crippen molar-refractivity contribution in [3.05, 3.63) is 5.01 Å². The van der Waals surface area contributed by atoms with Gasteiger partial charge in [-0.1, -0.05) is 18.3 Å². The van der Waals surface area contributed by atoms with Crippen LogP contribution in [0.4, 0.5) is 9.93 Å². The summed E-state index contributed by atoms with van der Waals surface area (Å²) in [5.74, 6) is -0.928. The van der Waals surface area contributed by atoms with Crippen molar-refractivity contribution in [2.24, 2.45) is 0 Å². The van der Waals surface area contributed by atoms with Gasteiger partial charge in [0.15, 0.2) is 0 Å². The number of carbonyl (C=O) groups excluding carboxylic acids is 1. The third-order valence-corrected chi connectivity index (χ3v) is 3.57. The molecule has 0 spiro atoms. The molecule has 1 unspecified atom stereocenters. The molecule has 1 heterocycles. The van der Waals surface area contributed by atoms with Crippen LogP contribution in [-0.2, 0) is 11.2 Å². The van der Waals surface area contributed by atoms with Crippen LogP contribution in [0.1, 0.15) is 32.2 Å². The van der Waals surface area contributed by atoms with E-state index < -0.39 is 5.97 Å². The van der Waals surface area contributed by atoms with Crippen molar-refractivity contribution >= 4 is 28.5 Å². The highest BCUT2D eigenvalue weighted by molar-refractivity contribution is 7.15. The van der Waals surface area contributed by atoms with Crippen molar-refractivity contribution < 1.29 is 14.7 Å². The standard InChI is InChI=1S/C11H18N4O3S/c1-4-8-13-14-10(19-8)12-11(18)15(5-2)7(3)6-9(16)17/h7H,4-6H2,1-3H3,(H,16,17)(H,12,14,18). The van der Waals surface area contributed by atoms with Crippen molar-refractivity contribution in [2.75, 3.05) is 11.9 Å². The van der Waals surface area contributed by atoms with E-state index in [9.17, 15) is 9.59 Å². The number of amides is 2. The van der Waals surface area contributed by atoms with Gasteiger partial charge in [-0.3, -0.25) is 10.1 Å². The lowest BCUT2D eigenvalue weighted by molar-refractivity contribution is -0.137. The number of carboxylic acid groups (broad SMARTS) is 1. The average molecular weight is 286 g/mol. The van der Waals surface area contributed by atoms with Gasteiger partial charge in [-0.05, 0) is 20.3 Å². The number of anilines is 1. The summed E-state index contributed by atoms with van der Waals surface area (Å²) in [6.45, 7) is 5.89. The lowest BCUT2D eigenvalue weighted by atomic mass is 10.2. The zero-order valence-electron chi connectivity index (χ0n) is 11.2. The van der Waals surface area contributed by atoms with E-state index in [1.807, 2.05) is 6.92 Å². The quantitative estimate of drug-likeness (QED) is 0.831. The molecule has 0 radical (unpaired) electrons. The SMILES string of the molecule is CCc1nnc(NC(=O)N(CC)C(C)CC(=O)O)s1. The van der Waals surface area contributed by atoms with E-state index in [4.69, 9.17) is 5.11 Å². The van der Waals surface area contributed by atoms with Crippen molar-refractivity contribution in [1.29, 1.82) is 0 Å². The highest BCUT2D eigenvalue weighted by atomic mass is 32.1. The van der Waals surface area contributed by atoms with Crippen molar-refractivity contribution in [3.8, 4) is 0 Å². The number of aliphatic carboxylic acids is 1. The summed E-state index contributed by atoms with van der Waals surface area (Å²) in [7, 11) is 0. The first kappa shape index (κ1) is 15.4. The second-order valence-electron chi connectivity index (χ2n) is 4.02. The minimum absolute atomic E-state index is 0.0857. The molecule has 0 aliphatic rings. The summed E-state index contributed by atoms with van der Waals surface area (Å²) >= 11 is 1.32. The fraction of sp³-hybridized carbons (Fsp3) is 0.636. The molecule has 0 aliphatic carbocycles. The summed E-state index contributed by atoms with van der Waals surface area (Å²) in [6.07, 6.45) is 0.679. The number of nitrogens with zero attached hydrogens (tertiary/aromatic N) is 3. The Kier molecular flexibility index (Phi) is 5.68. The largest absolute Gasteiger partial charge is 0.481 e. The van der Waals surface area contributed by atoms with Gasteiger partial charge in [0, 0.05) is 12.6 Å². The maximum Gasteiger partial charge on any atom is 0.323 e. The number of carboxylic acids is 1. The minimum Gasteiger partial charge on any atom is -0.481 e. The van der Waals surface area contributed by atoms with Crippen LogP contribution in [0, 0.1) is 0 Å². The average Bonchev–Trinajstić information content (AvgIpc) is 2.76. The van der Waals surface area contributed by atoms with Crippen molar-refractivity contribution in [3.63, 3.8) is 0 Å². The van der Waals surface area contributed by atoms with Gasteiger partial charge in [-0.25, -0.2) is 4.79 Å². The molecule has 0 fully saturated rings. The predicted octanol–water partition coefficient (Wildman–Crippen LogP) is 1.82. The van der Waals surface area contributed by atoms with E-state index >= 15 is 0 Å². The zero-order valence-corrected chi connectivity index (χ0v) is 12.0. The zero-order chi connectivity index (χ0) is 14.4. The molecule has 0 saturated heterocycles. The van der Waals surface area contributed by atoms with Crippen LogP contribution >= 0.6 is 11.3 Å². The maximum absolute atomic E-state index is 12.0. The third-order valence-electron chi connectivity index (χ3n) is 2.59. The van der Waals surface area contributed by atoms with Gasteiger partial charge in [0.2, 0.25) is 5.13 Å². The molecule has 0 bridgehead atoms. The number of rotatable bonds is 6. The number of urea groups is 1. The van der Waals surface area contributed by atoms with Crippen LogP contribution in [0.15, 0.2) is 0 Å². The molecule has 0 aliphatic heterocycles. The van der Waals surface area contributed by atoms with Gasteiger partial charge in [0.05, 0.1) is 6.42 Å². The van der Waals surface area contributed by atoms with Crippen LogP contribution in [0.5, 0.6) is 0 Å². The minimum atomic E-state index is -0.928. The lowest BCUT2D eigenvalue weighted by Gasteiger charge is -2.26. The van der Waals surface area contributed by atoms with Crippen LogP contribution in [0.3, 0.4) is 0 Å². The van der Waals surface area contributed by atoms with E-state index in [-0.39, 0.29) is 18.5 Å². The predicted molar refractivity (Wildman–Crippen MR) is 72.4 cm³/mol. The van der Waals surface area contributed by atoms with Gasteiger partial charge in [0.1, 0.15) is 5.01 Å². The highest BCUT2D eigenvalue weighted by Crippen LogP contribution is 2.16. The van der Waals surface area contributed by atoms with Gasteiger partial charge >= 0.3 is 12.0 Å². The molecule has 1 aromatic rings. The topological polar surface area (TPSA) is 95.4 Å². The van der Waals surface area contributed by atoms with Crippen LogP contribution in [0.25, 0.3) is 0 Å². The van der Waals surface area contributed by atoms with Crippen LogP contribution in [-0.4, -0.2) is 44.8 Å². The molecular formula is C11H18N4O3S. The van der Waals surface area contributed by atoms with Gasteiger partial charge < -0.3 is 10.0 Å². The van der Waals surface area contributed by atoms with Crippen LogP contribution < -0.4 is 5.32 Å². The summed E-state index contributed by atoms with van der Waals surface area (Å²) in [4.78, 5) is 24.2. The number of aryl methyl sites for hydroxylation is 1. The van der Waals surface area contributed by atoms with E-state index in [0.29, 0.717) is 11.7 Å². The Labute approximate surface area is 115 Å². The molecular weight excluding hydrogens is 268 g/mol. The fourth-order valence-electron chi connectivity index (χ4n) is 1.63. The van der Waals surface area contributed by atoms with E-state index in [2.05, 4.69) is 15.5 Å². The van der Waals surface area contributed by atoms with Crippen molar-refractivity contribution in [1.82, 2.24) is 15.1 Å².